The van der Waals surface area contributed by atoms with E-state index in [-0.39, 0.29) is 35.1 Å². The minimum absolute atomic E-state index is 0.0409. The van der Waals surface area contributed by atoms with Gasteiger partial charge in [0.1, 0.15) is 11.6 Å². The summed E-state index contributed by atoms with van der Waals surface area (Å²) in [6, 6.07) is 8.66. The number of aryl methyl sites for hydroxylation is 1. The van der Waals surface area contributed by atoms with Crippen molar-refractivity contribution in [1.29, 1.82) is 0 Å². The molecule has 1 aliphatic heterocycles. The fraction of sp³-hybridized carbons (Fsp3) is 0.286. The maximum absolute atomic E-state index is 14.4. The molecule has 0 saturated heterocycles. The van der Waals surface area contributed by atoms with E-state index >= 15 is 0 Å². The number of H-pyrrole nitrogens is 1. The molecule has 4 rings (SSSR count). The molecule has 0 bridgehead atoms. The van der Waals surface area contributed by atoms with E-state index in [9.17, 15) is 14.0 Å². The fourth-order valence-electron chi connectivity index (χ4n) is 3.83. The number of rotatable bonds is 3. The van der Waals surface area contributed by atoms with Crippen LogP contribution in [0.4, 0.5) is 10.1 Å². The minimum atomic E-state index is -0.594. The lowest BCUT2D eigenvalue weighted by atomic mass is 9.93. The van der Waals surface area contributed by atoms with E-state index in [4.69, 9.17) is 0 Å². The molecule has 150 valence electrons. The standard InChI is InChI=1S/C21H20BrFN4O2/c1-11-15-4-3-14(22)7-13(15)5-6-27(11)20(28)10-24-19-9-18-16(8-17(19)23)21(29)26-12(2)25-18/h3-4,7-9,11,24H,5-6,10H2,1-2H3,(H,25,26,29). The quantitative estimate of drug-likeness (QED) is 0.627. The number of fused-ring (bicyclic) bond motifs is 2. The van der Waals surface area contributed by atoms with E-state index in [0.29, 0.717) is 17.9 Å². The lowest BCUT2D eigenvalue weighted by Crippen LogP contribution is -2.41. The third-order valence-corrected chi connectivity index (χ3v) is 5.80. The van der Waals surface area contributed by atoms with Crippen molar-refractivity contribution in [1.82, 2.24) is 14.9 Å². The Morgan fingerprint density at radius 2 is 2.17 bits per heavy atom. The maximum atomic E-state index is 14.4. The van der Waals surface area contributed by atoms with Gasteiger partial charge in [0.25, 0.3) is 5.56 Å². The third kappa shape index (κ3) is 3.76. The third-order valence-electron chi connectivity index (χ3n) is 5.31. The van der Waals surface area contributed by atoms with Crippen LogP contribution in [0.5, 0.6) is 0 Å². The number of carbonyl (C=O) groups is 1. The number of anilines is 1. The molecule has 2 N–H and O–H groups in total. The summed E-state index contributed by atoms with van der Waals surface area (Å²) in [6.07, 6.45) is 0.779. The van der Waals surface area contributed by atoms with Crippen molar-refractivity contribution >= 4 is 38.4 Å². The first kappa shape index (κ1) is 19.6. The van der Waals surface area contributed by atoms with E-state index in [1.807, 2.05) is 19.1 Å². The number of aromatic nitrogens is 2. The van der Waals surface area contributed by atoms with E-state index < -0.39 is 5.82 Å². The van der Waals surface area contributed by atoms with Gasteiger partial charge >= 0.3 is 0 Å². The number of amides is 1. The summed E-state index contributed by atoms with van der Waals surface area (Å²) in [4.78, 5) is 33.3. The summed E-state index contributed by atoms with van der Waals surface area (Å²) in [7, 11) is 0. The van der Waals surface area contributed by atoms with Crippen LogP contribution in [0.15, 0.2) is 39.6 Å². The molecule has 0 aliphatic carbocycles. The Morgan fingerprint density at radius 3 is 2.97 bits per heavy atom. The highest BCUT2D eigenvalue weighted by Gasteiger charge is 2.27. The molecule has 1 aliphatic rings. The number of benzene rings is 2. The van der Waals surface area contributed by atoms with Crippen molar-refractivity contribution in [3.05, 3.63) is 67.9 Å². The second kappa shape index (κ2) is 7.59. The second-order valence-electron chi connectivity index (χ2n) is 7.21. The van der Waals surface area contributed by atoms with Crippen LogP contribution in [0.3, 0.4) is 0 Å². The molecule has 6 nitrogen and oxygen atoms in total. The van der Waals surface area contributed by atoms with Crippen LogP contribution < -0.4 is 10.9 Å². The second-order valence-corrected chi connectivity index (χ2v) is 8.13. The highest BCUT2D eigenvalue weighted by atomic mass is 79.9. The smallest absolute Gasteiger partial charge is 0.258 e. The first-order chi connectivity index (χ1) is 13.8. The molecule has 29 heavy (non-hydrogen) atoms. The predicted molar refractivity (Wildman–Crippen MR) is 114 cm³/mol. The van der Waals surface area contributed by atoms with Crippen molar-refractivity contribution in [3.63, 3.8) is 0 Å². The predicted octanol–water partition coefficient (Wildman–Crippen LogP) is 3.69. The number of hydrogen-bond donors (Lipinski definition) is 2. The van der Waals surface area contributed by atoms with Gasteiger partial charge in [-0.25, -0.2) is 9.37 Å². The van der Waals surface area contributed by atoms with Gasteiger partial charge in [0, 0.05) is 11.0 Å². The highest BCUT2D eigenvalue weighted by molar-refractivity contribution is 9.10. The van der Waals surface area contributed by atoms with Gasteiger partial charge in [0.15, 0.2) is 0 Å². The Hall–Kier alpha value is -2.74. The molecule has 1 aromatic heterocycles. The van der Waals surface area contributed by atoms with Crippen molar-refractivity contribution < 1.29 is 9.18 Å². The summed E-state index contributed by atoms with van der Waals surface area (Å²) in [5.41, 5.74) is 2.51. The first-order valence-electron chi connectivity index (χ1n) is 9.35. The Balaban J connectivity index is 1.52. The van der Waals surface area contributed by atoms with E-state index in [2.05, 4.69) is 37.3 Å². The lowest BCUT2D eigenvalue weighted by molar-refractivity contribution is -0.131. The molecule has 0 spiro atoms. The first-order valence-corrected chi connectivity index (χ1v) is 10.1. The largest absolute Gasteiger partial charge is 0.374 e. The van der Waals surface area contributed by atoms with Crippen LogP contribution in [0, 0.1) is 12.7 Å². The van der Waals surface area contributed by atoms with Gasteiger partial charge < -0.3 is 15.2 Å². The van der Waals surface area contributed by atoms with Gasteiger partial charge in [-0.3, -0.25) is 9.59 Å². The van der Waals surface area contributed by atoms with Crippen LogP contribution in [-0.2, 0) is 11.2 Å². The van der Waals surface area contributed by atoms with Crippen molar-refractivity contribution in [2.45, 2.75) is 26.3 Å². The van der Waals surface area contributed by atoms with Crippen LogP contribution >= 0.6 is 15.9 Å². The Bertz CT molecular complexity index is 1180. The van der Waals surface area contributed by atoms with E-state index in [1.165, 1.54) is 11.6 Å². The summed E-state index contributed by atoms with van der Waals surface area (Å²) in [5.74, 6) is -0.257. The number of aromatic amines is 1. The summed E-state index contributed by atoms with van der Waals surface area (Å²) >= 11 is 3.49. The van der Waals surface area contributed by atoms with Crippen LogP contribution in [0.2, 0.25) is 0 Å². The van der Waals surface area contributed by atoms with Crippen LogP contribution in [0.1, 0.15) is 29.9 Å². The molecule has 3 aromatic rings. The SMILES string of the molecule is Cc1nc2cc(NCC(=O)N3CCc4cc(Br)ccc4C3C)c(F)cc2c(=O)[nH]1. The summed E-state index contributed by atoms with van der Waals surface area (Å²) in [5, 5.41) is 3.05. The lowest BCUT2D eigenvalue weighted by Gasteiger charge is -2.35. The number of halogens is 2. The van der Waals surface area contributed by atoms with Crippen molar-refractivity contribution in [3.8, 4) is 0 Å². The molecule has 0 radical (unpaired) electrons. The molecule has 0 fully saturated rings. The Kier molecular flexibility index (Phi) is 5.12. The van der Waals surface area contributed by atoms with Gasteiger partial charge in [-0.1, -0.05) is 22.0 Å². The van der Waals surface area contributed by atoms with Crippen molar-refractivity contribution in [2.24, 2.45) is 0 Å². The van der Waals surface area contributed by atoms with Gasteiger partial charge in [-0.05, 0) is 55.7 Å². The zero-order valence-electron chi connectivity index (χ0n) is 16.1. The number of carbonyl (C=O) groups excluding carboxylic acids is 1. The molecule has 2 aromatic carbocycles. The molecule has 2 heterocycles. The molecule has 1 atom stereocenters. The Morgan fingerprint density at radius 1 is 1.38 bits per heavy atom. The molecular formula is C21H20BrFN4O2. The molecular weight excluding hydrogens is 439 g/mol. The topological polar surface area (TPSA) is 78.1 Å². The van der Waals surface area contributed by atoms with E-state index in [0.717, 1.165) is 22.5 Å². The normalized spacial score (nSPS) is 16.0. The monoisotopic (exact) mass is 458 g/mol. The average Bonchev–Trinajstić information content (AvgIpc) is 2.67. The van der Waals surface area contributed by atoms with E-state index in [1.54, 1.807) is 11.8 Å². The van der Waals surface area contributed by atoms with Gasteiger partial charge in [-0.2, -0.15) is 0 Å². The van der Waals surface area contributed by atoms with Gasteiger partial charge in [0.2, 0.25) is 5.91 Å². The molecule has 8 heteroatoms. The summed E-state index contributed by atoms with van der Waals surface area (Å²) < 4.78 is 15.5. The van der Waals surface area contributed by atoms with Crippen molar-refractivity contribution in [2.75, 3.05) is 18.4 Å². The molecule has 0 saturated carbocycles. The number of hydrogen-bond acceptors (Lipinski definition) is 4. The minimum Gasteiger partial charge on any atom is -0.374 e. The maximum Gasteiger partial charge on any atom is 0.258 e. The number of nitrogens with zero attached hydrogens (tertiary/aromatic N) is 2. The zero-order chi connectivity index (χ0) is 20.7. The van der Waals surface area contributed by atoms with Crippen LogP contribution in [-0.4, -0.2) is 33.9 Å². The fourth-order valence-corrected chi connectivity index (χ4v) is 4.23. The molecule has 1 unspecified atom stereocenters. The van der Waals surface area contributed by atoms with Gasteiger partial charge in [-0.15, -0.1) is 0 Å². The molecule has 1 amide bonds. The van der Waals surface area contributed by atoms with Gasteiger partial charge in [0.05, 0.1) is 29.2 Å². The number of nitrogens with one attached hydrogen (secondary N) is 2. The average molecular weight is 459 g/mol. The van der Waals surface area contributed by atoms with Crippen LogP contribution in [0.25, 0.3) is 10.9 Å². The zero-order valence-corrected chi connectivity index (χ0v) is 17.6. The summed E-state index contributed by atoms with van der Waals surface area (Å²) in [6.45, 7) is 4.23. The highest BCUT2D eigenvalue weighted by Crippen LogP contribution is 2.31. The Labute approximate surface area is 175 Å².